The van der Waals surface area contributed by atoms with E-state index >= 15 is 0 Å². The number of likely N-dealkylation sites (tertiary alicyclic amines) is 1. The quantitative estimate of drug-likeness (QED) is 0.334. The Kier molecular flexibility index (Phi) is 5.59. The molecule has 1 saturated heterocycles. The van der Waals surface area contributed by atoms with E-state index in [1.165, 1.54) is 5.56 Å². The topological polar surface area (TPSA) is 73.9 Å². The summed E-state index contributed by atoms with van der Waals surface area (Å²) in [6, 6.07) is 10.8. The van der Waals surface area contributed by atoms with E-state index in [1.807, 2.05) is 18.2 Å². The second kappa shape index (κ2) is 7.43. The molecule has 5 nitrogen and oxygen atoms in total. The van der Waals surface area contributed by atoms with Crippen LogP contribution in [0.25, 0.3) is 0 Å². The minimum absolute atomic E-state index is 0.0814. The van der Waals surface area contributed by atoms with Gasteiger partial charge in [0.25, 0.3) is 0 Å². The monoisotopic (exact) mass is 290 g/mol. The van der Waals surface area contributed by atoms with E-state index in [0.717, 1.165) is 19.5 Å². The Hall–Kier alpha value is -1.59. The van der Waals surface area contributed by atoms with Crippen LogP contribution in [0.3, 0.4) is 0 Å². The van der Waals surface area contributed by atoms with Gasteiger partial charge in [0.1, 0.15) is 5.84 Å². The largest absolute Gasteiger partial charge is 0.409 e. The molecule has 0 aliphatic carbocycles. The Morgan fingerprint density at radius 3 is 2.81 bits per heavy atom. The van der Waals surface area contributed by atoms with Crippen LogP contribution in [0.1, 0.15) is 31.4 Å². The summed E-state index contributed by atoms with van der Waals surface area (Å²) in [5, 5.41) is 15.7. The van der Waals surface area contributed by atoms with E-state index < -0.39 is 0 Å². The summed E-state index contributed by atoms with van der Waals surface area (Å²) >= 11 is 0. The Balaban J connectivity index is 2.09. The summed E-state index contributed by atoms with van der Waals surface area (Å²) < 4.78 is 0. The molecule has 1 fully saturated rings. The van der Waals surface area contributed by atoms with Crippen LogP contribution in [0.2, 0.25) is 0 Å². The van der Waals surface area contributed by atoms with Crippen LogP contribution < -0.4 is 11.1 Å². The zero-order valence-corrected chi connectivity index (χ0v) is 12.9. The molecule has 3 unspecified atom stereocenters. The minimum Gasteiger partial charge on any atom is -0.409 e. The predicted molar refractivity (Wildman–Crippen MR) is 85.4 cm³/mol. The number of nitrogens with two attached hydrogens (primary N) is 1. The molecular weight excluding hydrogens is 264 g/mol. The van der Waals surface area contributed by atoms with E-state index in [4.69, 9.17) is 10.9 Å². The fraction of sp³-hybridized carbons (Fsp3) is 0.562. The van der Waals surface area contributed by atoms with Gasteiger partial charge in [0.05, 0.1) is 0 Å². The molecule has 1 aromatic carbocycles. The Morgan fingerprint density at radius 2 is 2.19 bits per heavy atom. The highest BCUT2D eigenvalue weighted by Gasteiger charge is 2.27. The number of hydrogen-bond donors (Lipinski definition) is 3. The Morgan fingerprint density at radius 1 is 1.48 bits per heavy atom. The summed E-state index contributed by atoms with van der Waals surface area (Å²) in [6.45, 7) is 4.48. The van der Waals surface area contributed by atoms with Gasteiger partial charge in [-0.15, -0.1) is 0 Å². The first-order chi connectivity index (χ1) is 10.1. The molecule has 1 aliphatic heterocycles. The van der Waals surface area contributed by atoms with Gasteiger partial charge in [-0.05, 0) is 31.5 Å². The van der Waals surface area contributed by atoms with Crippen LogP contribution in [-0.4, -0.2) is 42.1 Å². The van der Waals surface area contributed by atoms with E-state index in [-0.39, 0.29) is 11.9 Å². The molecule has 0 bridgehead atoms. The second-order valence-corrected chi connectivity index (χ2v) is 6.06. The Labute approximate surface area is 126 Å². The van der Waals surface area contributed by atoms with Crippen molar-refractivity contribution >= 4 is 5.84 Å². The van der Waals surface area contributed by atoms with Crippen LogP contribution in [0.15, 0.2) is 35.5 Å². The van der Waals surface area contributed by atoms with Crippen molar-refractivity contribution in [3.63, 3.8) is 0 Å². The van der Waals surface area contributed by atoms with Crippen LogP contribution >= 0.6 is 0 Å². The lowest BCUT2D eigenvalue weighted by atomic mass is 9.92. The van der Waals surface area contributed by atoms with Crippen LogP contribution in [0, 0.1) is 5.92 Å². The predicted octanol–water partition coefficient (Wildman–Crippen LogP) is 1.79. The van der Waals surface area contributed by atoms with Crippen molar-refractivity contribution in [2.75, 3.05) is 20.1 Å². The summed E-state index contributed by atoms with van der Waals surface area (Å²) in [4.78, 5) is 2.36. The number of nitrogens with one attached hydrogen (secondary N) is 1. The average molecular weight is 290 g/mol. The van der Waals surface area contributed by atoms with Gasteiger partial charge in [0.15, 0.2) is 0 Å². The van der Waals surface area contributed by atoms with Crippen molar-refractivity contribution in [3.8, 4) is 0 Å². The SMILES string of the molecule is CC1CN(C)CCC1NC(C/C(N)=N/O)c1ccccc1. The van der Waals surface area contributed by atoms with E-state index in [2.05, 4.69) is 41.5 Å². The molecule has 3 atom stereocenters. The zero-order chi connectivity index (χ0) is 15.2. The molecule has 0 radical (unpaired) electrons. The number of rotatable bonds is 5. The number of hydrogen-bond acceptors (Lipinski definition) is 4. The molecule has 116 valence electrons. The molecular formula is C16H26N4O. The zero-order valence-electron chi connectivity index (χ0n) is 12.9. The molecule has 1 heterocycles. The lowest BCUT2D eigenvalue weighted by molar-refractivity contribution is 0.166. The van der Waals surface area contributed by atoms with Gasteiger partial charge in [-0.3, -0.25) is 0 Å². The Bertz CT molecular complexity index is 463. The standard InChI is InChI=1S/C16H26N4O/c1-12-11-20(2)9-8-14(12)18-15(10-16(17)19-21)13-6-4-3-5-7-13/h3-7,12,14-15,18,21H,8-11H2,1-2H3,(H2,17,19). The van der Waals surface area contributed by atoms with Gasteiger partial charge >= 0.3 is 0 Å². The maximum absolute atomic E-state index is 8.85. The van der Waals surface area contributed by atoms with Gasteiger partial charge in [-0.1, -0.05) is 42.4 Å². The number of nitrogens with zero attached hydrogens (tertiary/aromatic N) is 2. The van der Waals surface area contributed by atoms with Crippen LogP contribution in [-0.2, 0) is 0 Å². The third-order valence-corrected chi connectivity index (χ3v) is 4.27. The van der Waals surface area contributed by atoms with Crippen molar-refractivity contribution in [1.82, 2.24) is 10.2 Å². The third-order valence-electron chi connectivity index (χ3n) is 4.27. The summed E-state index contributed by atoms with van der Waals surface area (Å²) in [5.41, 5.74) is 6.90. The number of piperidine rings is 1. The maximum atomic E-state index is 8.85. The first-order valence-corrected chi connectivity index (χ1v) is 7.56. The molecule has 2 rings (SSSR count). The fourth-order valence-corrected chi connectivity index (χ4v) is 3.07. The molecule has 21 heavy (non-hydrogen) atoms. The lowest BCUT2D eigenvalue weighted by Gasteiger charge is -2.37. The molecule has 4 N–H and O–H groups in total. The average Bonchev–Trinajstić information content (AvgIpc) is 2.49. The lowest BCUT2D eigenvalue weighted by Crippen LogP contribution is -2.48. The van der Waals surface area contributed by atoms with Gasteiger partial charge in [0.2, 0.25) is 0 Å². The number of benzene rings is 1. The number of amidine groups is 1. The van der Waals surface area contributed by atoms with E-state index in [9.17, 15) is 0 Å². The van der Waals surface area contributed by atoms with Crippen molar-refractivity contribution in [3.05, 3.63) is 35.9 Å². The molecule has 0 spiro atoms. The van der Waals surface area contributed by atoms with Crippen LogP contribution in [0.4, 0.5) is 0 Å². The highest BCUT2D eigenvalue weighted by Crippen LogP contribution is 2.22. The second-order valence-electron chi connectivity index (χ2n) is 6.06. The van der Waals surface area contributed by atoms with E-state index in [1.54, 1.807) is 0 Å². The smallest absolute Gasteiger partial charge is 0.141 e. The van der Waals surface area contributed by atoms with Gasteiger partial charge in [-0.2, -0.15) is 0 Å². The summed E-state index contributed by atoms with van der Waals surface area (Å²) in [5.74, 6) is 0.846. The third kappa shape index (κ3) is 4.44. The minimum atomic E-state index is 0.0814. The normalized spacial score (nSPS) is 25.7. The molecule has 0 aromatic heterocycles. The first-order valence-electron chi connectivity index (χ1n) is 7.56. The first kappa shape index (κ1) is 15.8. The molecule has 0 saturated carbocycles. The maximum Gasteiger partial charge on any atom is 0.141 e. The van der Waals surface area contributed by atoms with Gasteiger partial charge in [-0.25, -0.2) is 0 Å². The van der Waals surface area contributed by atoms with Crippen molar-refractivity contribution in [2.45, 2.75) is 31.8 Å². The fourth-order valence-electron chi connectivity index (χ4n) is 3.07. The van der Waals surface area contributed by atoms with Gasteiger partial charge in [0, 0.05) is 25.0 Å². The van der Waals surface area contributed by atoms with E-state index in [0.29, 0.717) is 18.4 Å². The summed E-state index contributed by atoms with van der Waals surface area (Å²) in [7, 11) is 2.16. The summed E-state index contributed by atoms with van der Waals surface area (Å²) in [6.07, 6.45) is 1.64. The number of oxime groups is 1. The molecule has 1 aromatic rings. The molecule has 5 heteroatoms. The van der Waals surface area contributed by atoms with Crippen molar-refractivity contribution < 1.29 is 5.21 Å². The highest BCUT2D eigenvalue weighted by atomic mass is 16.4. The van der Waals surface area contributed by atoms with Crippen LogP contribution in [0.5, 0.6) is 0 Å². The molecule has 0 amide bonds. The van der Waals surface area contributed by atoms with Crippen molar-refractivity contribution in [1.29, 1.82) is 0 Å². The molecule has 1 aliphatic rings. The van der Waals surface area contributed by atoms with Crippen molar-refractivity contribution in [2.24, 2.45) is 16.8 Å². The van der Waals surface area contributed by atoms with Gasteiger partial charge < -0.3 is 21.2 Å². The highest BCUT2D eigenvalue weighted by molar-refractivity contribution is 5.80.